The van der Waals surface area contributed by atoms with Crippen LogP contribution < -0.4 is 0 Å². The molecule has 0 saturated heterocycles. The molecule has 1 aliphatic heterocycles. The van der Waals surface area contributed by atoms with Gasteiger partial charge in [-0.05, 0) is 54.9 Å². The van der Waals surface area contributed by atoms with Gasteiger partial charge in [-0.25, -0.2) is 4.39 Å². The van der Waals surface area contributed by atoms with Crippen molar-refractivity contribution >= 4 is 5.57 Å². The van der Waals surface area contributed by atoms with Crippen molar-refractivity contribution in [2.75, 3.05) is 6.54 Å². The minimum absolute atomic E-state index is 0.125. The summed E-state index contributed by atoms with van der Waals surface area (Å²) in [6.07, 6.45) is 4.83. The van der Waals surface area contributed by atoms with Gasteiger partial charge in [0.15, 0.2) is 0 Å². The normalized spacial score (nSPS) is 20.8. The Labute approximate surface area is 155 Å². The molecule has 2 atom stereocenters. The summed E-state index contributed by atoms with van der Waals surface area (Å²) in [5.74, 6) is 1.10. The van der Waals surface area contributed by atoms with Crippen LogP contribution in [0, 0.1) is 24.6 Å². The van der Waals surface area contributed by atoms with E-state index < -0.39 is 0 Å². The van der Waals surface area contributed by atoms with Gasteiger partial charge in [-0.3, -0.25) is 0 Å². The largest absolute Gasteiger partial charge is 0.360 e. The van der Waals surface area contributed by atoms with Crippen molar-refractivity contribution in [1.82, 2.24) is 4.90 Å². The van der Waals surface area contributed by atoms with Gasteiger partial charge in [0.05, 0.1) is 6.04 Å². The smallest absolute Gasteiger partial charge is 0.130 e. The molecule has 0 aromatic heterocycles. The SMILES string of the molecule is C=C(C(C)C1CC1)N1CC(c2cc(C)ccc2F)=CC1c1ccccc1. The first-order valence-corrected chi connectivity index (χ1v) is 9.52. The minimum Gasteiger partial charge on any atom is -0.360 e. The Morgan fingerprint density at radius 3 is 2.58 bits per heavy atom. The van der Waals surface area contributed by atoms with E-state index in [1.54, 1.807) is 6.07 Å². The van der Waals surface area contributed by atoms with Gasteiger partial charge in [0.2, 0.25) is 0 Å². The van der Waals surface area contributed by atoms with Gasteiger partial charge < -0.3 is 4.90 Å². The average molecular weight is 347 g/mol. The zero-order valence-corrected chi connectivity index (χ0v) is 15.6. The second-order valence-electron chi connectivity index (χ2n) is 7.78. The van der Waals surface area contributed by atoms with Crippen LogP contribution in [-0.4, -0.2) is 11.4 Å². The highest BCUT2D eigenvalue weighted by molar-refractivity contribution is 5.71. The van der Waals surface area contributed by atoms with E-state index in [0.29, 0.717) is 5.92 Å². The number of rotatable bonds is 5. The van der Waals surface area contributed by atoms with Gasteiger partial charge in [-0.1, -0.05) is 61.5 Å². The molecule has 2 heteroatoms. The van der Waals surface area contributed by atoms with Crippen molar-refractivity contribution in [3.05, 3.63) is 89.4 Å². The quantitative estimate of drug-likeness (QED) is 0.628. The lowest BCUT2D eigenvalue weighted by atomic mass is 9.99. The number of nitrogens with zero attached hydrogens (tertiary/aromatic N) is 1. The summed E-state index contributed by atoms with van der Waals surface area (Å²) in [4.78, 5) is 2.37. The van der Waals surface area contributed by atoms with Crippen molar-refractivity contribution in [3.63, 3.8) is 0 Å². The number of hydrogen-bond acceptors (Lipinski definition) is 1. The molecule has 1 aliphatic carbocycles. The summed E-state index contributed by atoms with van der Waals surface area (Å²) in [7, 11) is 0. The highest BCUT2D eigenvalue weighted by Crippen LogP contribution is 2.45. The van der Waals surface area contributed by atoms with Gasteiger partial charge in [0, 0.05) is 17.8 Å². The molecule has 2 aliphatic rings. The third-order valence-electron chi connectivity index (χ3n) is 5.87. The lowest BCUT2D eigenvalue weighted by Crippen LogP contribution is -2.27. The molecule has 1 heterocycles. The van der Waals surface area contributed by atoms with Gasteiger partial charge in [-0.15, -0.1) is 0 Å². The highest BCUT2D eigenvalue weighted by atomic mass is 19.1. The molecule has 4 rings (SSSR count). The molecule has 0 N–H and O–H groups in total. The zero-order valence-electron chi connectivity index (χ0n) is 15.6. The maximum absolute atomic E-state index is 14.5. The Hall–Kier alpha value is -2.35. The highest BCUT2D eigenvalue weighted by Gasteiger charge is 2.36. The van der Waals surface area contributed by atoms with Gasteiger partial charge in [0.25, 0.3) is 0 Å². The Bertz CT molecular complexity index is 848. The molecular weight excluding hydrogens is 321 g/mol. The lowest BCUT2D eigenvalue weighted by Gasteiger charge is -2.32. The lowest BCUT2D eigenvalue weighted by molar-refractivity contribution is 0.302. The van der Waals surface area contributed by atoms with Gasteiger partial charge in [-0.2, -0.15) is 0 Å². The van der Waals surface area contributed by atoms with Crippen LogP contribution in [0.15, 0.2) is 66.9 Å². The second kappa shape index (κ2) is 6.75. The van der Waals surface area contributed by atoms with E-state index in [1.807, 2.05) is 25.1 Å². The Morgan fingerprint density at radius 2 is 1.88 bits per heavy atom. The van der Waals surface area contributed by atoms with Crippen molar-refractivity contribution in [2.45, 2.75) is 32.7 Å². The van der Waals surface area contributed by atoms with E-state index in [1.165, 1.54) is 24.1 Å². The fourth-order valence-corrected chi connectivity index (χ4v) is 4.01. The van der Waals surface area contributed by atoms with Crippen LogP contribution in [0.3, 0.4) is 0 Å². The predicted octanol–water partition coefficient (Wildman–Crippen LogP) is 6.13. The van der Waals surface area contributed by atoms with Crippen LogP contribution >= 0.6 is 0 Å². The molecule has 26 heavy (non-hydrogen) atoms. The topological polar surface area (TPSA) is 3.24 Å². The van der Waals surface area contributed by atoms with Crippen LogP contribution in [0.5, 0.6) is 0 Å². The summed E-state index contributed by atoms with van der Waals surface area (Å²) in [6, 6.07) is 16.0. The summed E-state index contributed by atoms with van der Waals surface area (Å²) in [6.45, 7) is 9.46. The summed E-state index contributed by atoms with van der Waals surface area (Å²) in [5.41, 5.74) is 5.28. The second-order valence-corrected chi connectivity index (χ2v) is 7.78. The van der Waals surface area contributed by atoms with Gasteiger partial charge >= 0.3 is 0 Å². The molecule has 0 amide bonds. The molecule has 0 radical (unpaired) electrons. The molecular formula is C24H26FN. The minimum atomic E-state index is -0.142. The average Bonchev–Trinajstić information content (AvgIpc) is 3.41. The number of benzene rings is 2. The fraction of sp³-hybridized carbons (Fsp3) is 0.333. The van der Waals surface area contributed by atoms with Crippen molar-refractivity contribution in [1.29, 1.82) is 0 Å². The van der Waals surface area contributed by atoms with E-state index in [9.17, 15) is 4.39 Å². The summed E-state index contributed by atoms with van der Waals surface area (Å²) < 4.78 is 14.5. The van der Waals surface area contributed by atoms with Crippen molar-refractivity contribution < 1.29 is 4.39 Å². The zero-order chi connectivity index (χ0) is 18.3. The molecule has 1 saturated carbocycles. The standard InChI is InChI=1S/C24H26FN/c1-16-9-12-23(25)22(13-16)21-14-24(20-7-5-4-6-8-20)26(15-21)18(3)17(2)19-10-11-19/h4-9,12-14,17,19,24H,3,10-11,15H2,1-2H3. The van der Waals surface area contributed by atoms with E-state index in [0.717, 1.165) is 29.2 Å². The Kier molecular flexibility index (Phi) is 4.44. The van der Waals surface area contributed by atoms with E-state index >= 15 is 0 Å². The molecule has 2 unspecified atom stereocenters. The molecule has 2 aromatic rings. The molecule has 0 bridgehead atoms. The maximum atomic E-state index is 14.5. The maximum Gasteiger partial charge on any atom is 0.130 e. The van der Waals surface area contributed by atoms with Gasteiger partial charge in [0.1, 0.15) is 5.82 Å². The first kappa shape index (κ1) is 17.1. The van der Waals surface area contributed by atoms with Crippen LogP contribution in [0.1, 0.15) is 42.5 Å². The molecule has 134 valence electrons. The van der Waals surface area contributed by atoms with Crippen LogP contribution in [0.4, 0.5) is 4.39 Å². The fourth-order valence-electron chi connectivity index (χ4n) is 4.01. The van der Waals surface area contributed by atoms with Crippen LogP contribution in [0.2, 0.25) is 0 Å². The van der Waals surface area contributed by atoms with Crippen LogP contribution in [-0.2, 0) is 0 Å². The van der Waals surface area contributed by atoms with E-state index in [-0.39, 0.29) is 11.9 Å². The molecule has 0 spiro atoms. The molecule has 2 aromatic carbocycles. The third-order valence-corrected chi connectivity index (χ3v) is 5.87. The molecule has 1 nitrogen and oxygen atoms in total. The predicted molar refractivity (Wildman–Crippen MR) is 106 cm³/mol. The van der Waals surface area contributed by atoms with E-state index in [2.05, 4.69) is 48.7 Å². The Morgan fingerprint density at radius 1 is 1.15 bits per heavy atom. The summed E-state index contributed by atoms with van der Waals surface area (Å²) in [5, 5.41) is 0. The monoisotopic (exact) mass is 347 g/mol. The number of halogens is 1. The van der Waals surface area contributed by atoms with E-state index in [4.69, 9.17) is 0 Å². The number of hydrogen-bond donors (Lipinski definition) is 0. The van der Waals surface area contributed by atoms with Crippen molar-refractivity contribution in [2.24, 2.45) is 11.8 Å². The van der Waals surface area contributed by atoms with Crippen molar-refractivity contribution in [3.8, 4) is 0 Å². The number of aryl methyl sites for hydroxylation is 1. The third kappa shape index (κ3) is 3.21. The Balaban J connectivity index is 1.71. The first-order chi connectivity index (χ1) is 12.5. The number of allylic oxidation sites excluding steroid dienone is 1. The van der Waals surface area contributed by atoms with Crippen LogP contribution in [0.25, 0.3) is 5.57 Å². The molecule has 1 fully saturated rings. The first-order valence-electron chi connectivity index (χ1n) is 9.52. The summed E-state index contributed by atoms with van der Waals surface area (Å²) >= 11 is 0.